The summed E-state index contributed by atoms with van der Waals surface area (Å²) >= 11 is 0. The molecular weight excluding hydrogens is 230 g/mol. The van der Waals surface area contributed by atoms with Crippen molar-refractivity contribution in [1.29, 1.82) is 0 Å². The van der Waals surface area contributed by atoms with Crippen LogP contribution in [-0.2, 0) is 4.79 Å². The molecule has 3 rings (SSSR count). The minimum atomic E-state index is -0.0795. The third kappa shape index (κ3) is 2.22. The molecule has 0 aliphatic carbocycles. The van der Waals surface area contributed by atoms with Gasteiger partial charge in [-0.3, -0.25) is 4.79 Å². The van der Waals surface area contributed by atoms with Gasteiger partial charge in [0.05, 0.1) is 6.04 Å². The van der Waals surface area contributed by atoms with Gasteiger partial charge in [-0.05, 0) is 31.5 Å². The first-order chi connectivity index (χ1) is 8.83. The topological polar surface area (TPSA) is 67.2 Å². The SMILES string of the molecule is O=C(Nc1ccc2ncoc2c1)C1CCCCN1. The number of carbonyl (C=O) groups is 1. The molecule has 1 aliphatic rings. The molecule has 1 fully saturated rings. The van der Waals surface area contributed by atoms with Crippen LogP contribution >= 0.6 is 0 Å². The Morgan fingerprint density at radius 2 is 2.39 bits per heavy atom. The number of nitrogens with zero attached hydrogens (tertiary/aromatic N) is 1. The van der Waals surface area contributed by atoms with E-state index in [1.54, 1.807) is 6.07 Å². The molecule has 1 amide bonds. The lowest BCUT2D eigenvalue weighted by molar-refractivity contribution is -0.118. The normalized spacial score (nSPS) is 19.9. The van der Waals surface area contributed by atoms with E-state index in [1.165, 1.54) is 6.39 Å². The van der Waals surface area contributed by atoms with Crippen molar-refractivity contribution >= 4 is 22.7 Å². The van der Waals surface area contributed by atoms with Crippen molar-refractivity contribution in [2.75, 3.05) is 11.9 Å². The predicted octanol–water partition coefficient (Wildman–Crippen LogP) is 1.91. The number of hydrogen-bond donors (Lipinski definition) is 2. The highest BCUT2D eigenvalue weighted by atomic mass is 16.3. The van der Waals surface area contributed by atoms with Crippen LogP contribution < -0.4 is 10.6 Å². The Hall–Kier alpha value is -1.88. The van der Waals surface area contributed by atoms with Crippen molar-refractivity contribution < 1.29 is 9.21 Å². The maximum Gasteiger partial charge on any atom is 0.241 e. The van der Waals surface area contributed by atoms with Crippen LogP contribution in [0.1, 0.15) is 19.3 Å². The number of oxazole rings is 1. The van der Waals surface area contributed by atoms with Crippen molar-refractivity contribution in [1.82, 2.24) is 10.3 Å². The number of hydrogen-bond acceptors (Lipinski definition) is 4. The van der Waals surface area contributed by atoms with Crippen molar-refractivity contribution in [2.45, 2.75) is 25.3 Å². The number of aromatic nitrogens is 1. The molecule has 1 aromatic heterocycles. The number of fused-ring (bicyclic) bond motifs is 1. The van der Waals surface area contributed by atoms with E-state index in [4.69, 9.17) is 4.42 Å². The zero-order valence-corrected chi connectivity index (χ0v) is 9.98. The molecule has 1 aromatic carbocycles. The average molecular weight is 245 g/mol. The molecule has 0 spiro atoms. The van der Waals surface area contributed by atoms with Gasteiger partial charge in [-0.25, -0.2) is 4.98 Å². The fraction of sp³-hybridized carbons (Fsp3) is 0.385. The molecule has 1 atom stereocenters. The van der Waals surface area contributed by atoms with Gasteiger partial charge in [-0.2, -0.15) is 0 Å². The molecule has 5 heteroatoms. The number of anilines is 1. The van der Waals surface area contributed by atoms with Crippen LogP contribution in [0.15, 0.2) is 29.0 Å². The summed E-state index contributed by atoms with van der Waals surface area (Å²) in [4.78, 5) is 16.1. The van der Waals surface area contributed by atoms with E-state index in [2.05, 4.69) is 15.6 Å². The van der Waals surface area contributed by atoms with E-state index in [1.807, 2.05) is 12.1 Å². The minimum Gasteiger partial charge on any atom is -0.443 e. The predicted molar refractivity (Wildman–Crippen MR) is 68.3 cm³/mol. The minimum absolute atomic E-state index is 0.0218. The van der Waals surface area contributed by atoms with E-state index in [0.717, 1.165) is 37.0 Å². The van der Waals surface area contributed by atoms with Gasteiger partial charge < -0.3 is 15.1 Å². The van der Waals surface area contributed by atoms with E-state index in [-0.39, 0.29) is 11.9 Å². The van der Waals surface area contributed by atoms with E-state index in [9.17, 15) is 4.79 Å². The molecule has 2 heterocycles. The van der Waals surface area contributed by atoms with Crippen LogP contribution in [0.3, 0.4) is 0 Å². The number of benzene rings is 1. The molecule has 5 nitrogen and oxygen atoms in total. The molecule has 1 unspecified atom stereocenters. The molecular formula is C13H15N3O2. The lowest BCUT2D eigenvalue weighted by atomic mass is 10.0. The monoisotopic (exact) mass is 245 g/mol. The highest BCUT2D eigenvalue weighted by Gasteiger charge is 2.20. The second-order valence-corrected chi connectivity index (χ2v) is 4.53. The first-order valence-corrected chi connectivity index (χ1v) is 6.20. The van der Waals surface area contributed by atoms with Gasteiger partial charge in [-0.1, -0.05) is 6.42 Å². The second-order valence-electron chi connectivity index (χ2n) is 4.53. The highest BCUT2D eigenvalue weighted by Crippen LogP contribution is 2.18. The molecule has 18 heavy (non-hydrogen) atoms. The molecule has 0 saturated carbocycles. The molecule has 94 valence electrons. The van der Waals surface area contributed by atoms with E-state index >= 15 is 0 Å². The van der Waals surface area contributed by atoms with Crippen LogP contribution in [0.5, 0.6) is 0 Å². The fourth-order valence-electron chi connectivity index (χ4n) is 2.24. The summed E-state index contributed by atoms with van der Waals surface area (Å²) in [5.41, 5.74) is 2.23. The summed E-state index contributed by atoms with van der Waals surface area (Å²) in [5, 5.41) is 6.13. The van der Waals surface area contributed by atoms with Gasteiger partial charge in [0.2, 0.25) is 5.91 Å². The van der Waals surface area contributed by atoms with Crippen molar-refractivity contribution in [3.8, 4) is 0 Å². The number of rotatable bonds is 2. The Morgan fingerprint density at radius 3 is 3.22 bits per heavy atom. The van der Waals surface area contributed by atoms with Gasteiger partial charge in [0.15, 0.2) is 12.0 Å². The maximum atomic E-state index is 12.0. The largest absolute Gasteiger partial charge is 0.443 e. The van der Waals surface area contributed by atoms with Crippen molar-refractivity contribution in [3.05, 3.63) is 24.6 Å². The first-order valence-electron chi connectivity index (χ1n) is 6.20. The molecule has 2 aromatic rings. The van der Waals surface area contributed by atoms with Gasteiger partial charge in [0, 0.05) is 11.8 Å². The smallest absolute Gasteiger partial charge is 0.241 e. The number of amides is 1. The Balaban J connectivity index is 1.72. The molecule has 1 aliphatic heterocycles. The third-order valence-corrected chi connectivity index (χ3v) is 3.23. The Bertz CT molecular complexity index is 558. The molecule has 1 saturated heterocycles. The lowest BCUT2D eigenvalue weighted by Gasteiger charge is -2.22. The van der Waals surface area contributed by atoms with E-state index < -0.39 is 0 Å². The van der Waals surface area contributed by atoms with Crippen LogP contribution in [-0.4, -0.2) is 23.5 Å². The molecule has 0 radical (unpaired) electrons. The summed E-state index contributed by atoms with van der Waals surface area (Å²) in [6.07, 6.45) is 4.55. The second kappa shape index (κ2) is 4.78. The number of piperidine rings is 1. The van der Waals surface area contributed by atoms with Gasteiger partial charge in [-0.15, -0.1) is 0 Å². The first kappa shape index (κ1) is 11.2. The number of nitrogens with one attached hydrogen (secondary N) is 2. The Morgan fingerprint density at radius 1 is 1.44 bits per heavy atom. The maximum absolute atomic E-state index is 12.0. The van der Waals surface area contributed by atoms with Crippen LogP contribution in [0.2, 0.25) is 0 Å². The van der Waals surface area contributed by atoms with Crippen molar-refractivity contribution in [3.63, 3.8) is 0 Å². The lowest BCUT2D eigenvalue weighted by Crippen LogP contribution is -2.43. The Kier molecular flexibility index (Phi) is 2.98. The molecule has 0 bridgehead atoms. The van der Waals surface area contributed by atoms with Crippen LogP contribution in [0, 0.1) is 0 Å². The standard InChI is InChI=1S/C13H15N3O2/c17-13(11-3-1-2-6-14-11)16-9-4-5-10-12(7-9)18-8-15-10/h4-5,7-8,11,14H,1-3,6H2,(H,16,17). The zero-order chi connectivity index (χ0) is 12.4. The zero-order valence-electron chi connectivity index (χ0n) is 9.98. The summed E-state index contributed by atoms with van der Waals surface area (Å²) in [6, 6.07) is 5.39. The number of carbonyl (C=O) groups excluding carboxylic acids is 1. The van der Waals surface area contributed by atoms with Crippen LogP contribution in [0.4, 0.5) is 5.69 Å². The summed E-state index contributed by atoms with van der Waals surface area (Å²) in [5.74, 6) is 0.0218. The van der Waals surface area contributed by atoms with Gasteiger partial charge in [0.25, 0.3) is 0 Å². The summed E-state index contributed by atoms with van der Waals surface area (Å²) in [7, 11) is 0. The Labute approximate surface area is 105 Å². The third-order valence-electron chi connectivity index (χ3n) is 3.23. The van der Waals surface area contributed by atoms with Crippen LogP contribution in [0.25, 0.3) is 11.1 Å². The fourth-order valence-corrected chi connectivity index (χ4v) is 2.24. The van der Waals surface area contributed by atoms with Crippen molar-refractivity contribution in [2.24, 2.45) is 0 Å². The van der Waals surface area contributed by atoms with E-state index in [0.29, 0.717) is 5.58 Å². The highest BCUT2D eigenvalue weighted by molar-refractivity contribution is 5.96. The quantitative estimate of drug-likeness (QED) is 0.848. The molecule has 2 N–H and O–H groups in total. The average Bonchev–Trinajstić information content (AvgIpc) is 2.87. The van der Waals surface area contributed by atoms with Gasteiger partial charge >= 0.3 is 0 Å². The van der Waals surface area contributed by atoms with Gasteiger partial charge in [0.1, 0.15) is 5.52 Å². The summed E-state index contributed by atoms with van der Waals surface area (Å²) in [6.45, 7) is 0.916. The summed E-state index contributed by atoms with van der Waals surface area (Å²) < 4.78 is 5.21.